The van der Waals surface area contributed by atoms with Crippen molar-refractivity contribution in [1.29, 1.82) is 0 Å². The van der Waals surface area contributed by atoms with Crippen molar-refractivity contribution in [2.75, 3.05) is 0 Å². The first-order chi connectivity index (χ1) is 16.3. The van der Waals surface area contributed by atoms with Gasteiger partial charge in [-0.25, -0.2) is 0 Å². The molecule has 10 atom stereocenters. The molecule has 1 aromatic rings. The van der Waals surface area contributed by atoms with Gasteiger partial charge in [-0.2, -0.15) is 0 Å². The number of fused-ring (bicyclic) bond motifs is 3. The van der Waals surface area contributed by atoms with Gasteiger partial charge in [-0.1, -0.05) is 34.6 Å². The van der Waals surface area contributed by atoms with Gasteiger partial charge in [0.05, 0.1) is 24.5 Å². The van der Waals surface area contributed by atoms with Crippen LogP contribution in [-0.4, -0.2) is 29.3 Å². The van der Waals surface area contributed by atoms with Crippen molar-refractivity contribution < 1.29 is 28.6 Å². The average Bonchev–Trinajstić information content (AvgIpc) is 3.35. The van der Waals surface area contributed by atoms with E-state index in [1.54, 1.807) is 12.5 Å². The normalized spacial score (nSPS) is 51.7. The summed E-state index contributed by atoms with van der Waals surface area (Å²) < 4.78 is 17.8. The Kier molecular flexibility index (Phi) is 4.67. The Hall–Kier alpha value is -1.82. The third-order valence-corrected chi connectivity index (χ3v) is 12.3. The highest BCUT2D eigenvalue weighted by molar-refractivity contribution is 5.80. The molecule has 1 N–H and O–H groups in total. The largest absolute Gasteiger partial charge is 0.472 e. The van der Waals surface area contributed by atoms with Crippen LogP contribution < -0.4 is 0 Å². The lowest BCUT2D eigenvalue weighted by molar-refractivity contribution is -0.286. The summed E-state index contributed by atoms with van der Waals surface area (Å²) >= 11 is 0. The van der Waals surface area contributed by atoms with Crippen molar-refractivity contribution in [3.05, 3.63) is 24.2 Å². The summed E-state index contributed by atoms with van der Waals surface area (Å²) in [6.07, 6.45) is 7.54. The van der Waals surface area contributed by atoms with Crippen LogP contribution in [0.15, 0.2) is 23.0 Å². The quantitative estimate of drug-likeness (QED) is 0.562. The molecule has 5 aliphatic rings. The van der Waals surface area contributed by atoms with Crippen LogP contribution in [0.5, 0.6) is 0 Å². The van der Waals surface area contributed by atoms with Crippen LogP contribution in [-0.2, 0) is 19.1 Å². The number of cyclic esters (lactones) is 1. The van der Waals surface area contributed by atoms with E-state index in [2.05, 4.69) is 34.6 Å². The minimum absolute atomic E-state index is 0.00381. The Bertz CT molecular complexity index is 1060. The van der Waals surface area contributed by atoms with Crippen LogP contribution in [0.4, 0.5) is 0 Å². The number of furan rings is 1. The maximum atomic E-state index is 13.4. The highest BCUT2D eigenvalue weighted by Gasteiger charge is 2.86. The van der Waals surface area contributed by atoms with Crippen molar-refractivity contribution in [3.63, 3.8) is 0 Å². The molecule has 35 heavy (non-hydrogen) atoms. The number of ether oxygens (including phenoxy) is 2. The molecule has 6 rings (SSSR count). The van der Waals surface area contributed by atoms with E-state index < -0.39 is 0 Å². The van der Waals surface area contributed by atoms with Gasteiger partial charge < -0.3 is 19.0 Å². The number of hydrogen-bond acceptors (Lipinski definition) is 6. The molecule has 5 fully saturated rings. The first-order valence-corrected chi connectivity index (χ1v) is 13.4. The number of carbonyl (C=O) groups excluding carboxylic acids is 2. The fourth-order valence-corrected chi connectivity index (χ4v) is 10.6. The summed E-state index contributed by atoms with van der Waals surface area (Å²) in [5.41, 5.74) is -0.275. The van der Waals surface area contributed by atoms with Gasteiger partial charge in [-0.3, -0.25) is 9.59 Å². The molecule has 2 unspecified atom stereocenters. The maximum absolute atomic E-state index is 13.4. The monoisotopic (exact) mass is 484 g/mol. The predicted molar refractivity (Wildman–Crippen MR) is 128 cm³/mol. The summed E-state index contributed by atoms with van der Waals surface area (Å²) in [6.45, 7) is 12.9. The first-order valence-electron chi connectivity index (χ1n) is 13.4. The fourth-order valence-electron chi connectivity index (χ4n) is 10.6. The Morgan fingerprint density at radius 3 is 2.51 bits per heavy atom. The number of esters is 2. The topological polar surface area (TPSA) is 86.0 Å². The first kappa shape index (κ1) is 23.6. The van der Waals surface area contributed by atoms with E-state index in [1.165, 1.54) is 6.92 Å². The van der Waals surface area contributed by atoms with Gasteiger partial charge in [-0.15, -0.1) is 0 Å². The van der Waals surface area contributed by atoms with Gasteiger partial charge in [0, 0.05) is 28.7 Å². The summed E-state index contributed by atoms with van der Waals surface area (Å²) in [6, 6.07) is 1.92. The van der Waals surface area contributed by atoms with Gasteiger partial charge >= 0.3 is 11.9 Å². The van der Waals surface area contributed by atoms with Gasteiger partial charge in [0.25, 0.3) is 0 Å². The Morgan fingerprint density at radius 2 is 1.86 bits per heavy atom. The summed E-state index contributed by atoms with van der Waals surface area (Å²) in [4.78, 5) is 25.9. The van der Waals surface area contributed by atoms with E-state index in [-0.39, 0.29) is 69.2 Å². The third-order valence-electron chi connectivity index (χ3n) is 12.3. The number of aliphatic hydroxyl groups is 1. The molecule has 0 amide bonds. The minimum Gasteiger partial charge on any atom is -0.472 e. The molecule has 1 aromatic heterocycles. The van der Waals surface area contributed by atoms with Crippen LogP contribution in [0.3, 0.4) is 0 Å². The highest BCUT2D eigenvalue weighted by Crippen LogP contribution is 2.86. The molecular weight excluding hydrogens is 444 g/mol. The molecule has 6 nitrogen and oxygen atoms in total. The smallest absolute Gasteiger partial charge is 0.310 e. The minimum atomic E-state index is -0.363. The van der Waals surface area contributed by atoms with E-state index in [4.69, 9.17) is 13.9 Å². The fraction of sp³-hybridized carbons (Fsp3) is 0.793. The second-order valence-electron chi connectivity index (χ2n) is 13.7. The van der Waals surface area contributed by atoms with Crippen molar-refractivity contribution in [2.24, 2.45) is 44.8 Å². The zero-order chi connectivity index (χ0) is 25.2. The number of aliphatic hydroxyl groups excluding tert-OH is 1. The van der Waals surface area contributed by atoms with Crippen LogP contribution in [0.2, 0.25) is 0 Å². The second kappa shape index (κ2) is 6.93. The molecule has 2 heterocycles. The lowest BCUT2D eigenvalue weighted by Gasteiger charge is -2.72. The van der Waals surface area contributed by atoms with Gasteiger partial charge in [0.1, 0.15) is 12.2 Å². The van der Waals surface area contributed by atoms with Crippen LogP contribution in [0, 0.1) is 44.8 Å². The Labute approximate surface area is 208 Å². The standard InChI is InChI=1S/C29H40O6/c1-16(30)34-22-13-20-25(2,3)21(31)8-10-26(20,4)19-7-11-27(5)23(17-9-12-33-15-17)35-24(32)18-14-29(18,27)28(19,22)6/h9,12,15,18-23,31H,7-8,10-11,13-14H2,1-6H3/t18-,19?,20?,21+,22-,23-,26-,27-,28+,29+/m1/s1. The lowest BCUT2D eigenvalue weighted by atomic mass is 9.34. The van der Waals surface area contributed by atoms with E-state index in [0.717, 1.165) is 44.1 Å². The van der Waals surface area contributed by atoms with E-state index in [1.807, 2.05) is 6.07 Å². The average molecular weight is 485 g/mol. The Balaban J connectivity index is 1.53. The molecular formula is C29H40O6. The third kappa shape index (κ3) is 2.60. The number of hydrogen-bond donors (Lipinski definition) is 1. The number of carbonyl (C=O) groups is 2. The summed E-state index contributed by atoms with van der Waals surface area (Å²) in [5, 5.41) is 11.0. The van der Waals surface area contributed by atoms with E-state index in [9.17, 15) is 14.7 Å². The van der Waals surface area contributed by atoms with Crippen molar-refractivity contribution in [1.82, 2.24) is 0 Å². The zero-order valence-electron chi connectivity index (χ0n) is 21.9. The molecule has 0 bridgehead atoms. The van der Waals surface area contributed by atoms with Gasteiger partial charge in [-0.05, 0) is 67.3 Å². The lowest BCUT2D eigenvalue weighted by Crippen LogP contribution is -2.70. The van der Waals surface area contributed by atoms with Gasteiger partial charge in [0.15, 0.2) is 0 Å². The molecule has 192 valence electrons. The van der Waals surface area contributed by atoms with E-state index in [0.29, 0.717) is 5.92 Å². The molecule has 1 saturated heterocycles. The second-order valence-corrected chi connectivity index (χ2v) is 13.7. The van der Waals surface area contributed by atoms with Crippen LogP contribution in [0.25, 0.3) is 0 Å². The van der Waals surface area contributed by atoms with Crippen molar-refractivity contribution in [3.8, 4) is 0 Å². The van der Waals surface area contributed by atoms with Crippen LogP contribution >= 0.6 is 0 Å². The molecule has 6 heteroatoms. The van der Waals surface area contributed by atoms with Crippen molar-refractivity contribution in [2.45, 2.75) is 98.4 Å². The maximum Gasteiger partial charge on any atom is 0.310 e. The summed E-state index contributed by atoms with van der Waals surface area (Å²) in [7, 11) is 0. The van der Waals surface area contributed by atoms with E-state index >= 15 is 0 Å². The molecule has 1 spiro atoms. The SMILES string of the molecule is CC(=O)O[C@@H]1CC2C(C)(C)[C@@H](O)CC[C@]2(C)C2CC[C@]3(C)[C@@H](c4ccoc4)OC(=O)[C@H]4C[C@]43[C@@]21C. The van der Waals surface area contributed by atoms with Gasteiger partial charge in [0.2, 0.25) is 0 Å². The molecule has 0 aromatic carbocycles. The molecule has 0 radical (unpaired) electrons. The van der Waals surface area contributed by atoms with Crippen molar-refractivity contribution >= 4 is 11.9 Å². The zero-order valence-corrected chi connectivity index (χ0v) is 21.9. The Morgan fingerprint density at radius 1 is 1.11 bits per heavy atom. The molecule has 1 aliphatic heterocycles. The highest BCUT2D eigenvalue weighted by atomic mass is 16.6. The molecule has 4 aliphatic carbocycles. The summed E-state index contributed by atoms with van der Waals surface area (Å²) in [5.74, 6) is -0.0239. The molecule has 4 saturated carbocycles. The predicted octanol–water partition coefficient (Wildman–Crippen LogP) is 5.45. The number of rotatable bonds is 2. The van der Waals surface area contributed by atoms with Crippen LogP contribution in [0.1, 0.15) is 91.7 Å².